The predicted octanol–water partition coefficient (Wildman–Crippen LogP) is 4.31. The van der Waals surface area contributed by atoms with Crippen molar-refractivity contribution in [3.63, 3.8) is 0 Å². The van der Waals surface area contributed by atoms with E-state index in [1.54, 1.807) is 30.5 Å². The summed E-state index contributed by atoms with van der Waals surface area (Å²) in [6.07, 6.45) is 1.64. The zero-order chi connectivity index (χ0) is 13.1. The minimum atomic E-state index is 0.474. The van der Waals surface area contributed by atoms with Crippen molar-refractivity contribution >= 4 is 34.7 Å². The van der Waals surface area contributed by atoms with Crippen LogP contribution in [0.5, 0.6) is 0 Å². The Morgan fingerprint density at radius 1 is 1.28 bits per heavy atom. The maximum atomic E-state index is 9.11. The average Bonchev–Trinajstić information content (AvgIpc) is 2.34. The highest BCUT2D eigenvalue weighted by atomic mass is 35.5. The van der Waals surface area contributed by atoms with Gasteiger partial charge in [0.15, 0.2) is 0 Å². The van der Waals surface area contributed by atoms with Gasteiger partial charge in [-0.1, -0.05) is 23.2 Å². The van der Waals surface area contributed by atoms with Crippen LogP contribution in [0.15, 0.2) is 30.5 Å². The van der Waals surface area contributed by atoms with Crippen molar-refractivity contribution in [2.45, 2.75) is 6.92 Å². The highest BCUT2D eigenvalue weighted by molar-refractivity contribution is 6.35. The molecule has 0 saturated carbocycles. The monoisotopic (exact) mass is 277 g/mol. The van der Waals surface area contributed by atoms with Crippen molar-refractivity contribution < 1.29 is 0 Å². The largest absolute Gasteiger partial charge is 0.338 e. The number of benzene rings is 1. The van der Waals surface area contributed by atoms with Crippen molar-refractivity contribution in [3.8, 4) is 6.07 Å². The summed E-state index contributed by atoms with van der Waals surface area (Å²) in [5.74, 6) is 0.474. The molecule has 3 nitrogen and oxygen atoms in total. The molecule has 0 unspecified atom stereocenters. The van der Waals surface area contributed by atoms with Crippen LogP contribution in [0.2, 0.25) is 10.0 Å². The first-order chi connectivity index (χ1) is 8.61. The fourth-order valence-electron chi connectivity index (χ4n) is 1.52. The number of nitrogens with zero attached hydrogens (tertiary/aromatic N) is 2. The fraction of sp³-hybridized carbons (Fsp3) is 0.0769. The molecule has 0 saturated heterocycles. The Morgan fingerprint density at radius 2 is 2.06 bits per heavy atom. The number of nitrogens with one attached hydrogen (secondary N) is 1. The lowest BCUT2D eigenvalue weighted by Crippen LogP contribution is -1.99. The van der Waals surface area contributed by atoms with Crippen LogP contribution in [0, 0.1) is 18.3 Å². The van der Waals surface area contributed by atoms with E-state index in [0.29, 0.717) is 27.1 Å². The van der Waals surface area contributed by atoms with Crippen LogP contribution >= 0.6 is 23.2 Å². The number of rotatable bonds is 2. The van der Waals surface area contributed by atoms with E-state index in [9.17, 15) is 0 Å². The van der Waals surface area contributed by atoms with E-state index in [1.165, 1.54) is 0 Å². The van der Waals surface area contributed by atoms with Gasteiger partial charge in [0.05, 0.1) is 16.3 Å². The molecule has 1 heterocycles. The third-order valence-corrected chi connectivity index (χ3v) is 3.02. The van der Waals surface area contributed by atoms with Gasteiger partial charge >= 0.3 is 0 Å². The molecule has 0 aliphatic heterocycles. The molecule has 0 atom stereocenters. The number of pyridine rings is 1. The van der Waals surface area contributed by atoms with Gasteiger partial charge in [-0.25, -0.2) is 4.98 Å². The lowest BCUT2D eigenvalue weighted by Gasteiger charge is -2.10. The maximum absolute atomic E-state index is 9.11. The lowest BCUT2D eigenvalue weighted by atomic mass is 10.1. The van der Waals surface area contributed by atoms with E-state index in [0.717, 1.165) is 5.56 Å². The first-order valence-electron chi connectivity index (χ1n) is 5.19. The molecule has 0 bridgehead atoms. The molecule has 5 heteroatoms. The molecule has 90 valence electrons. The van der Waals surface area contributed by atoms with Gasteiger partial charge in [0.2, 0.25) is 0 Å². The van der Waals surface area contributed by atoms with E-state index in [4.69, 9.17) is 28.5 Å². The summed E-state index contributed by atoms with van der Waals surface area (Å²) in [6, 6.07) is 8.97. The van der Waals surface area contributed by atoms with Gasteiger partial charge in [0, 0.05) is 11.2 Å². The minimum absolute atomic E-state index is 0.474. The fourth-order valence-corrected chi connectivity index (χ4v) is 1.85. The van der Waals surface area contributed by atoms with E-state index in [1.807, 2.05) is 6.92 Å². The molecule has 2 rings (SSSR count). The van der Waals surface area contributed by atoms with Crippen molar-refractivity contribution in [2.24, 2.45) is 0 Å². The molecular formula is C13H9Cl2N3. The van der Waals surface area contributed by atoms with Gasteiger partial charge in [-0.3, -0.25) is 0 Å². The van der Waals surface area contributed by atoms with Crippen molar-refractivity contribution in [1.82, 2.24) is 4.98 Å². The van der Waals surface area contributed by atoms with E-state index in [-0.39, 0.29) is 0 Å². The van der Waals surface area contributed by atoms with Gasteiger partial charge in [0.25, 0.3) is 0 Å². The van der Waals surface area contributed by atoms with Crippen LogP contribution in [0.1, 0.15) is 11.1 Å². The standard InChI is InChI=1S/C13H9Cl2N3/c1-8-4-5-17-13(10(8)7-16)18-12-6-9(14)2-3-11(12)15/h2-6H,1H3,(H,17,18). The number of anilines is 2. The summed E-state index contributed by atoms with van der Waals surface area (Å²) in [7, 11) is 0. The SMILES string of the molecule is Cc1ccnc(Nc2cc(Cl)ccc2Cl)c1C#N. The summed E-state index contributed by atoms with van der Waals surface area (Å²) >= 11 is 12.0. The van der Waals surface area contributed by atoms with Gasteiger partial charge < -0.3 is 5.32 Å². The summed E-state index contributed by atoms with van der Waals surface area (Å²) in [5, 5.41) is 13.2. The maximum Gasteiger partial charge on any atom is 0.148 e. The molecule has 0 spiro atoms. The number of nitriles is 1. The van der Waals surface area contributed by atoms with Crippen LogP contribution in [0.3, 0.4) is 0 Å². The Morgan fingerprint density at radius 3 is 2.78 bits per heavy atom. The summed E-state index contributed by atoms with van der Waals surface area (Å²) in [5.41, 5.74) is 1.97. The molecule has 1 N–H and O–H groups in total. The van der Waals surface area contributed by atoms with Crippen LogP contribution in [-0.2, 0) is 0 Å². The molecule has 18 heavy (non-hydrogen) atoms. The Bertz CT molecular complexity index is 633. The number of aromatic nitrogens is 1. The third kappa shape index (κ3) is 2.56. The first kappa shape index (κ1) is 12.7. The minimum Gasteiger partial charge on any atom is -0.338 e. The molecule has 0 amide bonds. The van der Waals surface area contributed by atoms with Crippen molar-refractivity contribution in [2.75, 3.05) is 5.32 Å². The second-order valence-electron chi connectivity index (χ2n) is 3.71. The van der Waals surface area contributed by atoms with Crippen molar-refractivity contribution in [3.05, 3.63) is 51.6 Å². The molecule has 1 aromatic carbocycles. The normalized spacial score (nSPS) is 9.89. The molecule has 0 aliphatic carbocycles. The quantitative estimate of drug-likeness (QED) is 0.890. The van der Waals surface area contributed by atoms with Crippen molar-refractivity contribution in [1.29, 1.82) is 5.26 Å². The summed E-state index contributed by atoms with van der Waals surface area (Å²) < 4.78 is 0. The number of aryl methyl sites for hydroxylation is 1. The zero-order valence-corrected chi connectivity index (χ0v) is 11.0. The van der Waals surface area contributed by atoms with Crippen LogP contribution < -0.4 is 5.32 Å². The van der Waals surface area contributed by atoms with Gasteiger partial charge in [-0.2, -0.15) is 5.26 Å². The first-order valence-corrected chi connectivity index (χ1v) is 5.95. The Hall–Kier alpha value is -1.76. The predicted molar refractivity (Wildman–Crippen MR) is 73.4 cm³/mol. The second-order valence-corrected chi connectivity index (χ2v) is 4.56. The molecular weight excluding hydrogens is 269 g/mol. The van der Waals surface area contributed by atoms with E-state index >= 15 is 0 Å². The highest BCUT2D eigenvalue weighted by Crippen LogP contribution is 2.29. The highest BCUT2D eigenvalue weighted by Gasteiger charge is 2.09. The summed E-state index contributed by atoms with van der Waals surface area (Å²) in [6.45, 7) is 1.85. The van der Waals surface area contributed by atoms with Crippen LogP contribution in [0.4, 0.5) is 11.5 Å². The number of hydrogen-bond acceptors (Lipinski definition) is 3. The third-order valence-electron chi connectivity index (χ3n) is 2.45. The second kappa shape index (κ2) is 5.26. The summed E-state index contributed by atoms with van der Waals surface area (Å²) in [4.78, 5) is 4.14. The van der Waals surface area contributed by atoms with Gasteiger partial charge in [-0.15, -0.1) is 0 Å². The van der Waals surface area contributed by atoms with E-state index < -0.39 is 0 Å². The molecule has 2 aromatic rings. The molecule has 0 fully saturated rings. The topological polar surface area (TPSA) is 48.7 Å². The smallest absolute Gasteiger partial charge is 0.148 e. The molecule has 0 radical (unpaired) electrons. The lowest BCUT2D eigenvalue weighted by molar-refractivity contribution is 1.24. The van der Waals surface area contributed by atoms with E-state index in [2.05, 4.69) is 16.4 Å². The van der Waals surface area contributed by atoms with Gasteiger partial charge in [-0.05, 0) is 36.8 Å². The average molecular weight is 278 g/mol. The van der Waals surface area contributed by atoms with Gasteiger partial charge in [0.1, 0.15) is 11.9 Å². The zero-order valence-electron chi connectivity index (χ0n) is 9.54. The van der Waals surface area contributed by atoms with Crippen LogP contribution in [-0.4, -0.2) is 4.98 Å². The Labute approximate surface area is 115 Å². The molecule has 0 aliphatic rings. The Balaban J connectivity index is 2.44. The molecule has 1 aromatic heterocycles. The number of hydrogen-bond donors (Lipinski definition) is 1. The number of halogens is 2. The Kier molecular flexibility index (Phi) is 3.71. The van der Waals surface area contributed by atoms with Crippen LogP contribution in [0.25, 0.3) is 0 Å².